The summed E-state index contributed by atoms with van der Waals surface area (Å²) in [7, 11) is 0. The lowest BCUT2D eigenvalue weighted by atomic mass is 9.92. The van der Waals surface area contributed by atoms with Crippen molar-refractivity contribution in [3.8, 4) is 0 Å². The number of thiazole rings is 1. The number of likely N-dealkylation sites (tertiary alicyclic amines) is 1. The van der Waals surface area contributed by atoms with Crippen LogP contribution in [0.2, 0.25) is 0 Å². The van der Waals surface area contributed by atoms with Crippen LogP contribution in [0.3, 0.4) is 0 Å². The third kappa shape index (κ3) is 4.45. The van der Waals surface area contributed by atoms with Crippen LogP contribution in [0.5, 0.6) is 0 Å². The fourth-order valence-corrected chi connectivity index (χ4v) is 4.56. The van der Waals surface area contributed by atoms with Crippen LogP contribution in [0.15, 0.2) is 9.72 Å². The monoisotopic (exact) mass is 357 g/mol. The Bertz CT molecular complexity index is 564. The van der Waals surface area contributed by atoms with Crippen LogP contribution < -0.4 is 5.73 Å². The van der Waals surface area contributed by atoms with E-state index >= 15 is 0 Å². The Morgan fingerprint density at radius 2 is 2.39 bits per heavy atom. The van der Waals surface area contributed by atoms with Gasteiger partial charge in [-0.1, -0.05) is 32.0 Å². The highest BCUT2D eigenvalue weighted by Crippen LogP contribution is 2.27. The molecule has 1 aliphatic heterocycles. The van der Waals surface area contributed by atoms with E-state index in [1.54, 1.807) is 0 Å². The van der Waals surface area contributed by atoms with Crippen molar-refractivity contribution in [1.29, 1.82) is 0 Å². The highest BCUT2D eigenvalue weighted by atomic mass is 32.2. The standard InChI is InChI=1S/C15H23N3O3S2/c1-3-9(2)13(16)11-4-5-12(19)18(11)6-7-22-15-17-10(8-23-15)14(20)21/h8-9,11,13H,3-7,16H2,1-2H3,(H,20,21)/t9?,11-,13?/m1/s1. The molecule has 2 heterocycles. The van der Waals surface area contributed by atoms with Crippen molar-refractivity contribution >= 4 is 35.0 Å². The molecule has 2 unspecified atom stereocenters. The van der Waals surface area contributed by atoms with Crippen molar-refractivity contribution in [1.82, 2.24) is 9.88 Å². The zero-order valence-corrected chi connectivity index (χ0v) is 15.0. The van der Waals surface area contributed by atoms with Gasteiger partial charge >= 0.3 is 5.97 Å². The number of nitrogens with two attached hydrogens (primary N) is 1. The van der Waals surface area contributed by atoms with E-state index in [1.807, 2.05) is 4.90 Å². The van der Waals surface area contributed by atoms with Gasteiger partial charge in [0.15, 0.2) is 10.0 Å². The predicted molar refractivity (Wildman–Crippen MR) is 92.0 cm³/mol. The highest BCUT2D eigenvalue weighted by Gasteiger charge is 2.36. The molecule has 1 saturated heterocycles. The molecule has 0 bridgehead atoms. The molecule has 1 amide bonds. The smallest absolute Gasteiger partial charge is 0.355 e. The second kappa shape index (κ2) is 8.12. The van der Waals surface area contributed by atoms with Gasteiger partial charge in [0.05, 0.1) is 0 Å². The third-order valence-electron chi connectivity index (χ3n) is 4.38. The van der Waals surface area contributed by atoms with Crippen molar-refractivity contribution in [3.05, 3.63) is 11.1 Å². The van der Waals surface area contributed by atoms with Gasteiger partial charge in [0.2, 0.25) is 5.91 Å². The summed E-state index contributed by atoms with van der Waals surface area (Å²) >= 11 is 2.80. The van der Waals surface area contributed by atoms with Gasteiger partial charge in [0, 0.05) is 36.2 Å². The van der Waals surface area contributed by atoms with Gasteiger partial charge in [-0.15, -0.1) is 11.3 Å². The molecule has 2 rings (SSSR count). The van der Waals surface area contributed by atoms with Crippen LogP contribution in [-0.2, 0) is 4.79 Å². The second-order valence-electron chi connectivity index (χ2n) is 5.81. The van der Waals surface area contributed by atoms with E-state index in [9.17, 15) is 9.59 Å². The molecular weight excluding hydrogens is 334 g/mol. The number of carboxylic acid groups (broad SMARTS) is 1. The van der Waals surface area contributed by atoms with Gasteiger partial charge in [-0.3, -0.25) is 4.79 Å². The Balaban J connectivity index is 1.89. The lowest BCUT2D eigenvalue weighted by molar-refractivity contribution is -0.129. The molecule has 1 aromatic heterocycles. The van der Waals surface area contributed by atoms with E-state index in [-0.39, 0.29) is 23.7 Å². The minimum Gasteiger partial charge on any atom is -0.476 e. The normalized spacial score (nSPS) is 20.7. The molecule has 0 saturated carbocycles. The number of carbonyl (C=O) groups excluding carboxylic acids is 1. The Hall–Kier alpha value is -1.12. The van der Waals surface area contributed by atoms with Gasteiger partial charge in [0.1, 0.15) is 0 Å². The first kappa shape index (κ1) is 18.2. The average molecular weight is 358 g/mol. The van der Waals surface area contributed by atoms with Crippen molar-refractivity contribution in [2.24, 2.45) is 11.7 Å². The summed E-state index contributed by atoms with van der Waals surface area (Å²) in [5, 5.41) is 10.4. The van der Waals surface area contributed by atoms with Gasteiger partial charge in [-0.25, -0.2) is 9.78 Å². The first-order valence-corrected chi connectivity index (χ1v) is 9.67. The number of carboxylic acids is 1. The molecular formula is C15H23N3O3S2. The summed E-state index contributed by atoms with van der Waals surface area (Å²) in [4.78, 5) is 28.9. The van der Waals surface area contributed by atoms with Crippen LogP contribution in [0.1, 0.15) is 43.6 Å². The van der Waals surface area contributed by atoms with E-state index < -0.39 is 5.97 Å². The zero-order chi connectivity index (χ0) is 17.0. The van der Waals surface area contributed by atoms with Crippen LogP contribution in [-0.4, -0.2) is 51.2 Å². The van der Waals surface area contributed by atoms with E-state index in [1.165, 1.54) is 28.5 Å². The molecule has 1 fully saturated rings. The van der Waals surface area contributed by atoms with E-state index in [0.29, 0.717) is 24.6 Å². The Morgan fingerprint density at radius 1 is 1.65 bits per heavy atom. The van der Waals surface area contributed by atoms with Gasteiger partial charge in [0.25, 0.3) is 0 Å². The number of aromatic nitrogens is 1. The summed E-state index contributed by atoms with van der Waals surface area (Å²) in [6.07, 6.45) is 2.40. The summed E-state index contributed by atoms with van der Waals surface area (Å²) in [6, 6.07) is 0.124. The zero-order valence-electron chi connectivity index (χ0n) is 13.4. The molecule has 0 spiro atoms. The molecule has 1 aromatic rings. The second-order valence-corrected chi connectivity index (χ2v) is 8.01. The Kier molecular flexibility index (Phi) is 6.43. The maximum atomic E-state index is 12.1. The predicted octanol–water partition coefficient (Wildman–Crippen LogP) is 2.30. The minimum absolute atomic E-state index is 0.00919. The molecule has 23 heavy (non-hydrogen) atoms. The average Bonchev–Trinajstić information content (AvgIpc) is 3.14. The lowest BCUT2D eigenvalue weighted by Gasteiger charge is -2.32. The molecule has 3 atom stereocenters. The largest absolute Gasteiger partial charge is 0.476 e. The molecule has 8 heteroatoms. The lowest BCUT2D eigenvalue weighted by Crippen LogP contribution is -2.49. The highest BCUT2D eigenvalue weighted by molar-refractivity contribution is 8.01. The van der Waals surface area contributed by atoms with Crippen molar-refractivity contribution < 1.29 is 14.7 Å². The van der Waals surface area contributed by atoms with Crippen molar-refractivity contribution in [2.75, 3.05) is 12.3 Å². The van der Waals surface area contributed by atoms with E-state index in [0.717, 1.165) is 17.2 Å². The van der Waals surface area contributed by atoms with Crippen LogP contribution in [0.4, 0.5) is 0 Å². The molecule has 1 aliphatic rings. The quantitative estimate of drug-likeness (QED) is 0.693. The number of rotatable bonds is 8. The van der Waals surface area contributed by atoms with Crippen molar-refractivity contribution in [2.45, 2.75) is 49.5 Å². The van der Waals surface area contributed by atoms with Gasteiger partial charge in [-0.05, 0) is 12.3 Å². The van der Waals surface area contributed by atoms with E-state index in [4.69, 9.17) is 10.8 Å². The fourth-order valence-electron chi connectivity index (χ4n) is 2.75. The van der Waals surface area contributed by atoms with Crippen LogP contribution in [0.25, 0.3) is 0 Å². The first-order valence-electron chi connectivity index (χ1n) is 7.80. The molecule has 128 valence electrons. The molecule has 6 nitrogen and oxygen atoms in total. The van der Waals surface area contributed by atoms with Crippen molar-refractivity contribution in [3.63, 3.8) is 0 Å². The molecule has 0 aliphatic carbocycles. The number of amides is 1. The third-order valence-corrected chi connectivity index (χ3v) is 6.38. The maximum Gasteiger partial charge on any atom is 0.355 e. The van der Waals surface area contributed by atoms with Crippen LogP contribution >= 0.6 is 23.1 Å². The summed E-state index contributed by atoms with van der Waals surface area (Å²) in [5.74, 6) is 0.238. The van der Waals surface area contributed by atoms with Gasteiger partial charge < -0.3 is 15.7 Å². The SMILES string of the molecule is CCC(C)C(N)[C@H]1CCC(=O)N1CCSc1nc(C(=O)O)cs1. The Morgan fingerprint density at radius 3 is 3.00 bits per heavy atom. The number of aromatic carboxylic acids is 1. The number of carbonyl (C=O) groups is 2. The summed E-state index contributed by atoms with van der Waals surface area (Å²) in [6.45, 7) is 4.87. The topological polar surface area (TPSA) is 96.5 Å². The maximum absolute atomic E-state index is 12.1. The molecule has 0 aromatic carbocycles. The molecule has 0 radical (unpaired) electrons. The number of hydrogen-bond donors (Lipinski definition) is 2. The molecule has 3 N–H and O–H groups in total. The number of hydrogen-bond acceptors (Lipinski definition) is 6. The summed E-state index contributed by atoms with van der Waals surface area (Å²) in [5.41, 5.74) is 6.40. The van der Waals surface area contributed by atoms with Gasteiger partial charge in [-0.2, -0.15) is 0 Å². The fraction of sp³-hybridized carbons (Fsp3) is 0.667. The van der Waals surface area contributed by atoms with E-state index in [2.05, 4.69) is 18.8 Å². The van der Waals surface area contributed by atoms with Crippen LogP contribution in [0, 0.1) is 5.92 Å². The minimum atomic E-state index is -1.01. The summed E-state index contributed by atoms with van der Waals surface area (Å²) < 4.78 is 0.719. The number of thioether (sulfide) groups is 1. The first-order chi connectivity index (χ1) is 10.9. The Labute approximate surface area is 144 Å². The number of nitrogens with zero attached hydrogens (tertiary/aromatic N) is 2.